The largest absolute Gasteiger partial charge is 0.393 e. The van der Waals surface area contributed by atoms with E-state index in [0.29, 0.717) is 6.10 Å². The maximum Gasteiger partial charge on any atom is 0.292 e. The van der Waals surface area contributed by atoms with E-state index in [-0.39, 0.29) is 11.4 Å². The van der Waals surface area contributed by atoms with Gasteiger partial charge < -0.3 is 15.8 Å². The number of benzene rings is 1. The Morgan fingerprint density at radius 2 is 2.39 bits per heavy atom. The molecule has 6 heteroatoms. The van der Waals surface area contributed by atoms with Crippen molar-refractivity contribution in [3.05, 3.63) is 28.3 Å². The second-order valence-electron chi connectivity index (χ2n) is 4.38. The van der Waals surface area contributed by atoms with Crippen LogP contribution in [0.3, 0.4) is 0 Å². The van der Waals surface area contributed by atoms with Crippen LogP contribution in [0.5, 0.6) is 0 Å². The number of nitrogens with one attached hydrogen (secondary N) is 1. The number of hydrogen-bond acceptors (Lipinski definition) is 5. The van der Waals surface area contributed by atoms with E-state index >= 15 is 0 Å². The molecule has 0 spiro atoms. The van der Waals surface area contributed by atoms with Crippen molar-refractivity contribution < 1.29 is 9.66 Å². The van der Waals surface area contributed by atoms with E-state index in [0.717, 1.165) is 38.1 Å². The number of rotatable bonds is 5. The Labute approximate surface area is 105 Å². The lowest BCUT2D eigenvalue weighted by Gasteiger charge is -2.11. The highest BCUT2D eigenvalue weighted by atomic mass is 16.6. The Morgan fingerprint density at radius 1 is 1.56 bits per heavy atom. The van der Waals surface area contributed by atoms with Crippen LogP contribution < -0.4 is 11.1 Å². The molecule has 0 aromatic heterocycles. The number of nitro groups is 1. The summed E-state index contributed by atoms with van der Waals surface area (Å²) in [5, 5.41) is 13.8. The molecule has 1 fully saturated rings. The van der Waals surface area contributed by atoms with Gasteiger partial charge in [0.05, 0.1) is 11.0 Å². The van der Waals surface area contributed by atoms with Gasteiger partial charge in [-0.1, -0.05) is 0 Å². The summed E-state index contributed by atoms with van der Waals surface area (Å²) in [6, 6.07) is 4.68. The second-order valence-corrected chi connectivity index (χ2v) is 4.38. The van der Waals surface area contributed by atoms with E-state index in [1.54, 1.807) is 12.1 Å². The van der Waals surface area contributed by atoms with E-state index < -0.39 is 4.92 Å². The van der Waals surface area contributed by atoms with Crippen molar-refractivity contribution in [3.63, 3.8) is 0 Å². The molecule has 3 N–H and O–H groups in total. The minimum Gasteiger partial charge on any atom is -0.393 e. The zero-order valence-electron chi connectivity index (χ0n) is 10.1. The highest BCUT2D eigenvalue weighted by Crippen LogP contribution is 2.24. The monoisotopic (exact) mass is 251 g/mol. The average molecular weight is 251 g/mol. The molecule has 1 aliphatic rings. The number of nitrogens with zero attached hydrogens (tertiary/aromatic N) is 1. The molecule has 6 nitrogen and oxygen atoms in total. The fraction of sp³-hybridized carbons (Fsp3) is 0.500. The summed E-state index contributed by atoms with van der Waals surface area (Å²) < 4.78 is 5.51. The summed E-state index contributed by atoms with van der Waals surface area (Å²) in [5.41, 5.74) is 6.54. The Balaban J connectivity index is 1.85. The first kappa shape index (κ1) is 12.6. The van der Waals surface area contributed by atoms with Crippen molar-refractivity contribution in [3.8, 4) is 0 Å². The summed E-state index contributed by atoms with van der Waals surface area (Å²) in [7, 11) is 0. The summed E-state index contributed by atoms with van der Waals surface area (Å²) in [4.78, 5) is 10.1. The normalized spacial score (nSPS) is 18.8. The highest BCUT2D eigenvalue weighted by molar-refractivity contribution is 5.65. The molecule has 0 radical (unpaired) electrons. The number of nitro benzene ring substituents is 1. The van der Waals surface area contributed by atoms with Crippen LogP contribution in [0.1, 0.15) is 19.3 Å². The average Bonchev–Trinajstić information content (AvgIpc) is 2.81. The highest BCUT2D eigenvalue weighted by Gasteiger charge is 2.15. The molecule has 1 atom stereocenters. The van der Waals surface area contributed by atoms with Gasteiger partial charge in [0.25, 0.3) is 5.69 Å². The summed E-state index contributed by atoms with van der Waals surface area (Å²) in [6.07, 6.45) is 3.53. The van der Waals surface area contributed by atoms with E-state index in [1.807, 2.05) is 0 Å². The zero-order valence-corrected chi connectivity index (χ0v) is 10.1. The number of ether oxygens (including phenoxy) is 1. The molecule has 0 bridgehead atoms. The first-order valence-corrected chi connectivity index (χ1v) is 6.06. The van der Waals surface area contributed by atoms with Crippen LogP contribution in [0.4, 0.5) is 17.1 Å². The van der Waals surface area contributed by atoms with Crippen molar-refractivity contribution in [2.24, 2.45) is 0 Å². The molecule has 18 heavy (non-hydrogen) atoms. The molecule has 1 aliphatic heterocycles. The van der Waals surface area contributed by atoms with Crippen molar-refractivity contribution in [2.75, 3.05) is 24.2 Å². The molecular weight excluding hydrogens is 234 g/mol. The van der Waals surface area contributed by atoms with Gasteiger partial charge in [-0.2, -0.15) is 0 Å². The third-order valence-electron chi connectivity index (χ3n) is 3.04. The number of nitrogen functional groups attached to an aromatic ring is 1. The van der Waals surface area contributed by atoms with Gasteiger partial charge in [-0.3, -0.25) is 10.1 Å². The molecule has 2 rings (SSSR count). The summed E-state index contributed by atoms with van der Waals surface area (Å²) in [5.74, 6) is 0. The van der Waals surface area contributed by atoms with E-state index in [1.165, 1.54) is 6.07 Å². The molecule has 98 valence electrons. The van der Waals surface area contributed by atoms with Gasteiger partial charge in [-0.25, -0.2) is 0 Å². The molecule has 1 unspecified atom stereocenters. The van der Waals surface area contributed by atoms with Gasteiger partial charge in [0.2, 0.25) is 0 Å². The Hall–Kier alpha value is -1.82. The van der Waals surface area contributed by atoms with Crippen LogP contribution in [0.15, 0.2) is 18.2 Å². The fourth-order valence-electron chi connectivity index (χ4n) is 2.08. The molecular formula is C12H17N3O3. The number of anilines is 2. The maximum atomic E-state index is 10.6. The third kappa shape index (κ3) is 3.10. The van der Waals surface area contributed by atoms with E-state index in [9.17, 15) is 10.1 Å². The molecule has 1 aromatic rings. The minimum absolute atomic E-state index is 0.0559. The van der Waals surface area contributed by atoms with Gasteiger partial charge >= 0.3 is 0 Å². The summed E-state index contributed by atoms with van der Waals surface area (Å²) >= 11 is 0. The van der Waals surface area contributed by atoms with Crippen LogP contribution in [-0.2, 0) is 4.74 Å². The maximum absolute atomic E-state index is 10.6. The lowest BCUT2D eigenvalue weighted by atomic mass is 10.2. The first-order valence-electron chi connectivity index (χ1n) is 6.06. The molecule has 0 amide bonds. The van der Waals surface area contributed by atoms with Crippen LogP contribution in [0, 0.1) is 10.1 Å². The fourth-order valence-corrected chi connectivity index (χ4v) is 2.08. The molecule has 0 saturated carbocycles. The molecule has 1 aromatic carbocycles. The van der Waals surface area contributed by atoms with Gasteiger partial charge in [0.15, 0.2) is 0 Å². The Bertz CT molecular complexity index is 431. The molecule has 0 aliphatic carbocycles. The summed E-state index contributed by atoms with van der Waals surface area (Å²) in [6.45, 7) is 1.64. The van der Waals surface area contributed by atoms with E-state index in [2.05, 4.69) is 5.32 Å². The SMILES string of the molecule is Nc1cc(NCCC2CCCO2)ccc1[N+](=O)[O-]. The van der Waals surface area contributed by atoms with Gasteiger partial charge in [-0.15, -0.1) is 0 Å². The van der Waals surface area contributed by atoms with Gasteiger partial charge in [0.1, 0.15) is 5.69 Å². The smallest absolute Gasteiger partial charge is 0.292 e. The zero-order chi connectivity index (χ0) is 13.0. The van der Waals surface area contributed by atoms with Crippen molar-refractivity contribution in [2.45, 2.75) is 25.4 Å². The van der Waals surface area contributed by atoms with Crippen molar-refractivity contribution in [1.29, 1.82) is 0 Å². The molecule has 1 heterocycles. The standard InChI is InChI=1S/C12H17N3O3/c13-11-8-9(3-4-12(11)15(16)17)14-6-5-10-2-1-7-18-10/h3-4,8,10,14H,1-2,5-7,13H2. The van der Waals surface area contributed by atoms with Crippen LogP contribution in [-0.4, -0.2) is 24.2 Å². The van der Waals surface area contributed by atoms with Crippen LogP contribution in [0.25, 0.3) is 0 Å². The van der Waals surface area contributed by atoms with Crippen LogP contribution in [0.2, 0.25) is 0 Å². The Morgan fingerprint density at radius 3 is 3.00 bits per heavy atom. The molecule has 1 saturated heterocycles. The first-order chi connectivity index (χ1) is 8.66. The van der Waals surface area contributed by atoms with E-state index in [4.69, 9.17) is 10.5 Å². The van der Waals surface area contributed by atoms with Crippen LogP contribution >= 0.6 is 0 Å². The Kier molecular flexibility index (Phi) is 3.99. The topological polar surface area (TPSA) is 90.4 Å². The third-order valence-corrected chi connectivity index (χ3v) is 3.04. The van der Waals surface area contributed by atoms with Crippen molar-refractivity contribution in [1.82, 2.24) is 0 Å². The number of nitrogens with two attached hydrogens (primary N) is 1. The lowest BCUT2D eigenvalue weighted by molar-refractivity contribution is -0.383. The predicted octanol–water partition coefficient (Wildman–Crippen LogP) is 2.16. The minimum atomic E-state index is -0.481. The predicted molar refractivity (Wildman–Crippen MR) is 69.6 cm³/mol. The van der Waals surface area contributed by atoms with Crippen molar-refractivity contribution >= 4 is 17.1 Å². The second kappa shape index (κ2) is 5.68. The lowest BCUT2D eigenvalue weighted by Crippen LogP contribution is -2.12. The van der Waals surface area contributed by atoms with Gasteiger partial charge in [-0.05, 0) is 31.4 Å². The van der Waals surface area contributed by atoms with Gasteiger partial charge in [0, 0.05) is 24.9 Å². The quantitative estimate of drug-likeness (QED) is 0.475. The number of hydrogen-bond donors (Lipinski definition) is 2.